The van der Waals surface area contributed by atoms with Crippen molar-refractivity contribution in [3.05, 3.63) is 23.3 Å². The first kappa shape index (κ1) is 18.9. The molecular weight excluding hydrogens is 329 g/mol. The molecule has 0 unspecified atom stereocenters. The molecule has 1 N–H and O–H groups in total. The Morgan fingerprint density at radius 3 is 2.22 bits per heavy atom. The van der Waals surface area contributed by atoms with Crippen molar-refractivity contribution in [2.75, 3.05) is 12.4 Å². The highest BCUT2D eigenvalue weighted by atomic mass is 32.3. The van der Waals surface area contributed by atoms with Gasteiger partial charge in [-0.1, -0.05) is 0 Å². The van der Waals surface area contributed by atoms with Crippen molar-refractivity contribution < 1.29 is 31.4 Å². The number of carbonyl (C=O) groups excluding carboxylic acids is 2. The Balaban J connectivity index is 3.36. The number of ether oxygens (including phenoxy) is 2. The Hall–Kier alpha value is -2.16. The third-order valence-corrected chi connectivity index (χ3v) is 3.63. The van der Waals surface area contributed by atoms with Gasteiger partial charge in [0.05, 0.1) is 12.7 Å². The molecule has 0 aliphatic rings. The van der Waals surface area contributed by atoms with Gasteiger partial charge in [0.1, 0.15) is 10.5 Å². The first-order chi connectivity index (χ1) is 10.3. The van der Waals surface area contributed by atoms with Crippen molar-refractivity contribution >= 4 is 28.0 Å². The number of methoxy groups -OCH3 is 1. The van der Waals surface area contributed by atoms with Gasteiger partial charge >= 0.3 is 22.3 Å². The number of carbonyl (C=O) groups is 2. The molecule has 0 aliphatic carbocycles. The van der Waals surface area contributed by atoms with E-state index >= 15 is 0 Å². The van der Waals surface area contributed by atoms with Gasteiger partial charge in [0.15, 0.2) is 0 Å². The SMILES string of the molecule is COC(=O)c1cc(NC(=O)OC(C)(C)C)c(C)c(S(=O)(=O)F)c1. The van der Waals surface area contributed by atoms with Crippen LogP contribution in [0.1, 0.15) is 36.7 Å². The highest BCUT2D eigenvalue weighted by Gasteiger charge is 2.24. The van der Waals surface area contributed by atoms with Gasteiger partial charge < -0.3 is 9.47 Å². The first-order valence-electron chi connectivity index (χ1n) is 6.53. The van der Waals surface area contributed by atoms with Crippen LogP contribution in [-0.4, -0.2) is 33.2 Å². The molecule has 7 nitrogen and oxygen atoms in total. The molecule has 1 aromatic carbocycles. The summed E-state index contributed by atoms with van der Waals surface area (Å²) in [6, 6.07) is 2.02. The molecule has 128 valence electrons. The molecule has 1 rings (SSSR count). The fourth-order valence-electron chi connectivity index (χ4n) is 1.72. The standard InChI is InChI=1S/C14H18FNO6S/c1-8-10(16-13(18)22-14(2,3)4)6-9(12(17)21-5)7-11(8)23(15,19)20/h6-7H,1-5H3,(H,16,18). The number of anilines is 1. The van der Waals surface area contributed by atoms with E-state index in [2.05, 4.69) is 10.1 Å². The number of benzene rings is 1. The quantitative estimate of drug-likeness (QED) is 0.667. The van der Waals surface area contributed by atoms with E-state index in [9.17, 15) is 21.9 Å². The molecule has 0 atom stereocenters. The summed E-state index contributed by atoms with van der Waals surface area (Å²) in [6.45, 7) is 6.21. The van der Waals surface area contributed by atoms with Gasteiger partial charge in [-0.15, -0.1) is 3.89 Å². The lowest BCUT2D eigenvalue weighted by Gasteiger charge is -2.20. The molecule has 9 heteroatoms. The van der Waals surface area contributed by atoms with E-state index in [0.717, 1.165) is 13.2 Å². The predicted octanol–water partition coefficient (Wildman–Crippen LogP) is 2.79. The van der Waals surface area contributed by atoms with E-state index in [1.165, 1.54) is 13.0 Å². The average molecular weight is 347 g/mol. The zero-order valence-corrected chi connectivity index (χ0v) is 14.2. The smallest absolute Gasteiger partial charge is 0.412 e. The van der Waals surface area contributed by atoms with E-state index in [-0.39, 0.29) is 16.8 Å². The minimum atomic E-state index is -5.09. The summed E-state index contributed by atoms with van der Waals surface area (Å²) >= 11 is 0. The Kier molecular flexibility index (Phi) is 5.36. The number of esters is 1. The molecule has 0 aliphatic heterocycles. The Morgan fingerprint density at radius 1 is 1.22 bits per heavy atom. The van der Waals surface area contributed by atoms with E-state index in [4.69, 9.17) is 4.74 Å². The minimum absolute atomic E-state index is 0.0639. The normalized spacial score (nSPS) is 11.7. The van der Waals surface area contributed by atoms with E-state index < -0.39 is 32.8 Å². The van der Waals surface area contributed by atoms with Gasteiger partial charge in [-0.3, -0.25) is 5.32 Å². The van der Waals surface area contributed by atoms with Crippen LogP contribution in [0.2, 0.25) is 0 Å². The van der Waals surface area contributed by atoms with Crippen molar-refractivity contribution in [2.45, 2.75) is 38.2 Å². The average Bonchev–Trinajstić information content (AvgIpc) is 2.36. The molecule has 0 bridgehead atoms. The molecule has 0 fully saturated rings. The summed E-state index contributed by atoms with van der Waals surface area (Å²) < 4.78 is 45.4. The van der Waals surface area contributed by atoms with Gasteiger partial charge in [0.25, 0.3) is 0 Å². The molecule has 1 amide bonds. The second-order valence-electron chi connectivity index (χ2n) is 5.70. The zero-order valence-electron chi connectivity index (χ0n) is 13.4. The third-order valence-electron chi connectivity index (χ3n) is 2.68. The van der Waals surface area contributed by atoms with Crippen LogP contribution in [-0.2, 0) is 19.7 Å². The van der Waals surface area contributed by atoms with Gasteiger partial charge in [-0.25, -0.2) is 9.59 Å². The first-order valence-corrected chi connectivity index (χ1v) is 7.91. The molecule has 0 radical (unpaired) electrons. The molecule has 0 aromatic heterocycles. The van der Waals surface area contributed by atoms with Gasteiger partial charge in [0, 0.05) is 5.69 Å². The third kappa shape index (κ3) is 5.20. The second-order valence-corrected chi connectivity index (χ2v) is 7.02. The van der Waals surface area contributed by atoms with Crippen molar-refractivity contribution in [2.24, 2.45) is 0 Å². The molecule has 0 saturated heterocycles. The minimum Gasteiger partial charge on any atom is -0.465 e. The Bertz CT molecular complexity index is 736. The topological polar surface area (TPSA) is 98.8 Å². The monoisotopic (exact) mass is 347 g/mol. The summed E-state index contributed by atoms with van der Waals surface area (Å²) in [7, 11) is -4.00. The molecular formula is C14H18FNO6S. The molecule has 0 spiro atoms. The lowest BCUT2D eigenvalue weighted by atomic mass is 10.1. The van der Waals surface area contributed by atoms with E-state index in [0.29, 0.717) is 0 Å². The number of halogens is 1. The van der Waals surface area contributed by atoms with Crippen molar-refractivity contribution in [3.63, 3.8) is 0 Å². The largest absolute Gasteiger partial charge is 0.465 e. The molecule has 0 heterocycles. The zero-order chi connectivity index (χ0) is 18.0. The summed E-state index contributed by atoms with van der Waals surface area (Å²) in [5, 5.41) is 2.30. The summed E-state index contributed by atoms with van der Waals surface area (Å²) in [5.74, 6) is -0.873. The maximum Gasteiger partial charge on any atom is 0.412 e. The molecule has 1 aromatic rings. The Morgan fingerprint density at radius 2 is 1.78 bits per heavy atom. The van der Waals surface area contributed by atoms with Gasteiger partial charge in [-0.2, -0.15) is 8.42 Å². The van der Waals surface area contributed by atoms with Crippen molar-refractivity contribution in [1.29, 1.82) is 0 Å². The van der Waals surface area contributed by atoms with Crippen LogP contribution in [0.3, 0.4) is 0 Å². The fourth-order valence-corrected chi connectivity index (χ4v) is 2.46. The summed E-state index contributed by atoms with van der Waals surface area (Å²) in [4.78, 5) is 22.7. The van der Waals surface area contributed by atoms with Gasteiger partial charge in [0.2, 0.25) is 0 Å². The number of rotatable bonds is 3. The van der Waals surface area contributed by atoms with Crippen molar-refractivity contribution in [1.82, 2.24) is 0 Å². The van der Waals surface area contributed by atoms with Crippen LogP contribution in [0.4, 0.5) is 14.4 Å². The van der Waals surface area contributed by atoms with Crippen LogP contribution in [0.15, 0.2) is 17.0 Å². The highest BCUT2D eigenvalue weighted by molar-refractivity contribution is 7.86. The van der Waals surface area contributed by atoms with Crippen molar-refractivity contribution in [3.8, 4) is 0 Å². The lowest BCUT2D eigenvalue weighted by molar-refractivity contribution is 0.0596. The van der Waals surface area contributed by atoms with Crippen LogP contribution in [0.5, 0.6) is 0 Å². The van der Waals surface area contributed by atoms with E-state index in [1.807, 2.05) is 0 Å². The number of amides is 1. The van der Waals surface area contributed by atoms with Crippen LogP contribution in [0, 0.1) is 6.92 Å². The maximum absolute atomic E-state index is 13.4. The number of nitrogens with one attached hydrogen (secondary N) is 1. The van der Waals surface area contributed by atoms with Crippen LogP contribution >= 0.6 is 0 Å². The Labute approximate surface area is 134 Å². The van der Waals surface area contributed by atoms with Crippen LogP contribution in [0.25, 0.3) is 0 Å². The summed E-state index contributed by atoms with van der Waals surface area (Å²) in [6.07, 6.45) is -0.871. The fraction of sp³-hybridized carbons (Fsp3) is 0.429. The lowest BCUT2D eigenvalue weighted by Crippen LogP contribution is -2.27. The predicted molar refractivity (Wildman–Crippen MR) is 80.7 cm³/mol. The second kappa shape index (κ2) is 6.53. The maximum atomic E-state index is 13.4. The van der Waals surface area contributed by atoms with Gasteiger partial charge in [-0.05, 0) is 45.4 Å². The number of hydrogen-bond donors (Lipinski definition) is 1. The molecule has 23 heavy (non-hydrogen) atoms. The van der Waals surface area contributed by atoms with Crippen LogP contribution < -0.4 is 5.32 Å². The highest BCUT2D eigenvalue weighted by Crippen LogP contribution is 2.28. The number of hydrogen-bond acceptors (Lipinski definition) is 6. The summed E-state index contributed by atoms with van der Waals surface area (Å²) in [5.41, 5.74) is -1.14. The van der Waals surface area contributed by atoms with E-state index in [1.54, 1.807) is 20.8 Å². The molecule has 0 saturated carbocycles.